The zero-order valence-electron chi connectivity index (χ0n) is 10.4. The molecule has 90 valence electrons. The average molecular weight is 223 g/mol. The summed E-state index contributed by atoms with van der Waals surface area (Å²) in [4.78, 5) is 11.3. The minimum absolute atomic E-state index is 0.334. The highest BCUT2D eigenvalue weighted by molar-refractivity contribution is 5.15. The van der Waals surface area contributed by atoms with E-state index in [0.717, 1.165) is 29.6 Å². The molecule has 0 aliphatic heterocycles. The zero-order chi connectivity index (χ0) is 12.1. The molecule has 1 aromatic heterocycles. The molecule has 0 amide bonds. The van der Waals surface area contributed by atoms with Crippen molar-refractivity contribution in [3.05, 3.63) is 33.7 Å². The molecule has 1 N–H and O–H groups in total. The summed E-state index contributed by atoms with van der Waals surface area (Å²) in [6.07, 6.45) is 4.11. The van der Waals surface area contributed by atoms with E-state index in [9.17, 15) is 10.0 Å². The minimum Gasteiger partial charge on any atom is -0.425 e. The molecule has 0 unspecified atom stereocenters. The lowest BCUT2D eigenvalue weighted by Gasteiger charge is -2.08. The molecule has 1 aromatic rings. The van der Waals surface area contributed by atoms with E-state index in [4.69, 9.17) is 0 Å². The van der Waals surface area contributed by atoms with E-state index in [1.54, 1.807) is 0 Å². The number of aryl methyl sites for hydroxylation is 2. The third-order valence-electron chi connectivity index (χ3n) is 2.69. The number of hydrogen-bond acceptors (Lipinski definition) is 2. The van der Waals surface area contributed by atoms with Gasteiger partial charge in [-0.05, 0) is 37.3 Å². The fourth-order valence-electron chi connectivity index (χ4n) is 1.80. The number of nitrogens with zero attached hydrogens (tertiary/aromatic N) is 1. The predicted octanol–water partition coefficient (Wildman–Crippen LogP) is 2.76. The first kappa shape index (κ1) is 12.8. The van der Waals surface area contributed by atoms with E-state index in [-0.39, 0.29) is 5.56 Å². The fraction of sp³-hybridized carbons (Fsp3) is 0.615. The van der Waals surface area contributed by atoms with Crippen molar-refractivity contribution in [3.63, 3.8) is 0 Å². The van der Waals surface area contributed by atoms with E-state index >= 15 is 0 Å². The Balaban J connectivity index is 2.57. The molecule has 3 heteroatoms. The lowest BCUT2D eigenvalue weighted by atomic mass is 10.0. The molecule has 1 rings (SSSR count). The summed E-state index contributed by atoms with van der Waals surface area (Å²) in [6.45, 7) is 6.28. The van der Waals surface area contributed by atoms with Crippen LogP contribution in [0.15, 0.2) is 16.9 Å². The van der Waals surface area contributed by atoms with Gasteiger partial charge in [-0.15, -0.1) is 0 Å². The molecule has 0 saturated heterocycles. The normalized spacial score (nSPS) is 11.0. The van der Waals surface area contributed by atoms with Crippen LogP contribution in [0.1, 0.15) is 44.4 Å². The number of aromatic nitrogens is 1. The molecular formula is C13H21NO2. The Morgan fingerprint density at radius 2 is 2.00 bits per heavy atom. The van der Waals surface area contributed by atoms with Crippen molar-refractivity contribution in [3.8, 4) is 0 Å². The first-order valence-electron chi connectivity index (χ1n) is 5.92. The van der Waals surface area contributed by atoms with Gasteiger partial charge in [0.15, 0.2) is 0 Å². The van der Waals surface area contributed by atoms with Crippen molar-refractivity contribution in [2.45, 2.75) is 46.5 Å². The van der Waals surface area contributed by atoms with Gasteiger partial charge in [-0.3, -0.25) is 4.79 Å². The van der Waals surface area contributed by atoms with Crippen LogP contribution in [-0.4, -0.2) is 9.94 Å². The van der Waals surface area contributed by atoms with Gasteiger partial charge in [0, 0.05) is 6.07 Å². The van der Waals surface area contributed by atoms with Crippen LogP contribution in [0.25, 0.3) is 0 Å². The maximum Gasteiger partial charge on any atom is 0.283 e. The Hall–Kier alpha value is -1.25. The van der Waals surface area contributed by atoms with Crippen molar-refractivity contribution in [2.75, 3.05) is 0 Å². The molecule has 0 bridgehead atoms. The maximum absolute atomic E-state index is 11.3. The molecule has 0 saturated carbocycles. The monoisotopic (exact) mass is 223 g/mol. The standard InChI is InChI=1S/C13H21NO2/c1-10(2)6-4-5-7-12-8-11(3)9-13(15)14(12)16/h8-10,16H,4-7H2,1-3H3. The lowest BCUT2D eigenvalue weighted by Crippen LogP contribution is -2.20. The van der Waals surface area contributed by atoms with Gasteiger partial charge in [0.1, 0.15) is 0 Å². The van der Waals surface area contributed by atoms with Crippen LogP contribution in [-0.2, 0) is 6.42 Å². The van der Waals surface area contributed by atoms with Crippen molar-refractivity contribution in [2.24, 2.45) is 5.92 Å². The highest BCUT2D eigenvalue weighted by Gasteiger charge is 2.04. The molecule has 0 spiro atoms. The topological polar surface area (TPSA) is 42.2 Å². The second-order valence-electron chi connectivity index (χ2n) is 4.81. The van der Waals surface area contributed by atoms with E-state index < -0.39 is 0 Å². The molecule has 1 heterocycles. The lowest BCUT2D eigenvalue weighted by molar-refractivity contribution is 0.164. The quantitative estimate of drug-likeness (QED) is 0.616. The largest absolute Gasteiger partial charge is 0.425 e. The summed E-state index contributed by atoms with van der Waals surface area (Å²) >= 11 is 0. The number of hydrogen-bond donors (Lipinski definition) is 1. The summed E-state index contributed by atoms with van der Waals surface area (Å²) in [6, 6.07) is 3.31. The zero-order valence-corrected chi connectivity index (χ0v) is 10.4. The summed E-state index contributed by atoms with van der Waals surface area (Å²) in [5.74, 6) is 0.717. The molecule has 0 aromatic carbocycles. The number of pyridine rings is 1. The van der Waals surface area contributed by atoms with Crippen LogP contribution in [0.3, 0.4) is 0 Å². The van der Waals surface area contributed by atoms with Gasteiger partial charge in [-0.1, -0.05) is 26.7 Å². The molecule has 3 nitrogen and oxygen atoms in total. The first-order valence-corrected chi connectivity index (χ1v) is 5.92. The molecule has 16 heavy (non-hydrogen) atoms. The summed E-state index contributed by atoms with van der Waals surface area (Å²) < 4.78 is 0.766. The Kier molecular flexibility index (Phi) is 4.59. The fourth-order valence-corrected chi connectivity index (χ4v) is 1.80. The van der Waals surface area contributed by atoms with Crippen molar-refractivity contribution < 1.29 is 5.21 Å². The highest BCUT2D eigenvalue weighted by Crippen LogP contribution is 2.10. The van der Waals surface area contributed by atoms with Crippen LogP contribution in [0.4, 0.5) is 0 Å². The van der Waals surface area contributed by atoms with Gasteiger partial charge >= 0.3 is 0 Å². The van der Waals surface area contributed by atoms with Gasteiger partial charge in [0.2, 0.25) is 0 Å². The number of unbranched alkanes of at least 4 members (excludes halogenated alkanes) is 1. The molecular weight excluding hydrogens is 202 g/mol. The third-order valence-corrected chi connectivity index (χ3v) is 2.69. The summed E-state index contributed by atoms with van der Waals surface area (Å²) in [5.41, 5.74) is 1.29. The molecule has 0 aliphatic rings. The average Bonchev–Trinajstić information content (AvgIpc) is 2.19. The maximum atomic E-state index is 11.3. The van der Waals surface area contributed by atoms with Gasteiger partial charge in [0.05, 0.1) is 5.69 Å². The number of rotatable bonds is 5. The van der Waals surface area contributed by atoms with Gasteiger partial charge in [-0.25, -0.2) is 0 Å². The summed E-state index contributed by atoms with van der Waals surface area (Å²) in [5, 5.41) is 9.53. The van der Waals surface area contributed by atoms with Crippen LogP contribution >= 0.6 is 0 Å². The van der Waals surface area contributed by atoms with Crippen LogP contribution in [0, 0.1) is 12.8 Å². The van der Waals surface area contributed by atoms with Crippen molar-refractivity contribution in [1.82, 2.24) is 4.73 Å². The molecule has 0 aliphatic carbocycles. The van der Waals surface area contributed by atoms with Gasteiger partial charge < -0.3 is 5.21 Å². The van der Waals surface area contributed by atoms with E-state index in [0.29, 0.717) is 11.6 Å². The Morgan fingerprint density at radius 1 is 1.31 bits per heavy atom. The second kappa shape index (κ2) is 5.73. The van der Waals surface area contributed by atoms with Crippen LogP contribution in [0.2, 0.25) is 0 Å². The van der Waals surface area contributed by atoms with Gasteiger partial charge in [-0.2, -0.15) is 4.73 Å². The minimum atomic E-state index is -0.334. The third kappa shape index (κ3) is 3.72. The van der Waals surface area contributed by atoms with Crippen molar-refractivity contribution >= 4 is 0 Å². The van der Waals surface area contributed by atoms with E-state index in [1.165, 1.54) is 12.5 Å². The first-order chi connectivity index (χ1) is 7.50. The van der Waals surface area contributed by atoms with Crippen LogP contribution < -0.4 is 5.56 Å². The van der Waals surface area contributed by atoms with E-state index in [2.05, 4.69) is 13.8 Å². The highest BCUT2D eigenvalue weighted by atomic mass is 16.5. The smallest absolute Gasteiger partial charge is 0.283 e. The Labute approximate surface area is 96.7 Å². The Morgan fingerprint density at radius 3 is 2.62 bits per heavy atom. The van der Waals surface area contributed by atoms with Crippen LogP contribution in [0.5, 0.6) is 0 Å². The van der Waals surface area contributed by atoms with E-state index in [1.807, 2.05) is 13.0 Å². The Bertz CT molecular complexity index is 393. The molecule has 0 fully saturated rings. The molecule has 0 atom stereocenters. The van der Waals surface area contributed by atoms with Crippen molar-refractivity contribution in [1.29, 1.82) is 0 Å². The summed E-state index contributed by atoms with van der Waals surface area (Å²) in [7, 11) is 0. The predicted molar refractivity (Wildman–Crippen MR) is 65.0 cm³/mol. The van der Waals surface area contributed by atoms with Gasteiger partial charge in [0.25, 0.3) is 5.56 Å². The second-order valence-corrected chi connectivity index (χ2v) is 4.81. The molecule has 0 radical (unpaired) electrons. The SMILES string of the molecule is Cc1cc(CCCCC(C)C)n(O)c(=O)c1.